The molecule has 2 bridgehead atoms. The molecule has 2 atom stereocenters. The maximum Gasteiger partial charge on any atom is 0.215 e. The van der Waals surface area contributed by atoms with Gasteiger partial charge < -0.3 is 4.74 Å². The molecule has 1 fully saturated rings. The lowest BCUT2D eigenvalue weighted by molar-refractivity contribution is 0.0951. The predicted octanol–water partition coefficient (Wildman–Crippen LogP) is 4.61. The molecule has 2 aliphatic rings. The lowest BCUT2D eigenvalue weighted by Gasteiger charge is -2.45. The van der Waals surface area contributed by atoms with E-state index in [2.05, 4.69) is 59.3 Å². The Hall–Kier alpha value is -2.13. The Kier molecular flexibility index (Phi) is 4.58. The molecule has 3 heteroatoms. The molecule has 4 rings (SSSR count). The molecule has 2 aromatic rings. The fraction of sp³-hybridized carbons (Fsp3) is 0.409. The van der Waals surface area contributed by atoms with Crippen molar-refractivity contribution in [2.75, 3.05) is 7.11 Å². The highest BCUT2D eigenvalue weighted by Gasteiger charge is 2.34. The maximum atomic E-state index is 5.31. The van der Waals surface area contributed by atoms with Gasteiger partial charge in [-0.3, -0.25) is 4.90 Å². The topological polar surface area (TPSA) is 25.4 Å². The van der Waals surface area contributed by atoms with Crippen molar-refractivity contribution in [3.05, 3.63) is 65.4 Å². The number of aryl methyl sites for hydroxylation is 1. The standard InChI is InChI=1S/C22H26N2O/c1-16-11-19(14-23-22(16)25-2)18-12-20-9-6-10-21(13-18)24(20)15-17-7-4-3-5-8-17/h3-5,7-8,11-12,14,20-21H,6,9-10,13,15H2,1-2H3. The minimum atomic E-state index is 0.546. The lowest BCUT2D eigenvalue weighted by atomic mass is 9.82. The quantitative estimate of drug-likeness (QED) is 0.816. The highest BCUT2D eigenvalue weighted by molar-refractivity contribution is 5.68. The van der Waals surface area contributed by atoms with Gasteiger partial charge in [-0.1, -0.05) is 42.8 Å². The summed E-state index contributed by atoms with van der Waals surface area (Å²) in [6, 6.07) is 14.3. The monoisotopic (exact) mass is 334 g/mol. The molecule has 1 saturated heterocycles. The van der Waals surface area contributed by atoms with Crippen molar-refractivity contribution in [1.82, 2.24) is 9.88 Å². The van der Waals surface area contributed by atoms with Gasteiger partial charge in [0.15, 0.2) is 0 Å². The van der Waals surface area contributed by atoms with Crippen LogP contribution in [-0.2, 0) is 6.54 Å². The second-order valence-electron chi connectivity index (χ2n) is 7.26. The molecule has 0 N–H and O–H groups in total. The van der Waals surface area contributed by atoms with Gasteiger partial charge in [-0.25, -0.2) is 4.98 Å². The third-order valence-electron chi connectivity index (χ3n) is 5.58. The van der Waals surface area contributed by atoms with Crippen LogP contribution in [0.25, 0.3) is 5.57 Å². The summed E-state index contributed by atoms with van der Waals surface area (Å²) in [6.45, 7) is 3.13. The van der Waals surface area contributed by atoms with Crippen molar-refractivity contribution < 1.29 is 4.74 Å². The van der Waals surface area contributed by atoms with Gasteiger partial charge in [-0.2, -0.15) is 0 Å². The van der Waals surface area contributed by atoms with Crippen LogP contribution < -0.4 is 4.74 Å². The summed E-state index contributed by atoms with van der Waals surface area (Å²) < 4.78 is 5.31. The highest BCUT2D eigenvalue weighted by Crippen LogP contribution is 2.38. The number of hydrogen-bond acceptors (Lipinski definition) is 3. The van der Waals surface area contributed by atoms with E-state index < -0.39 is 0 Å². The number of pyridine rings is 1. The molecule has 0 spiro atoms. The Bertz CT molecular complexity index is 769. The van der Waals surface area contributed by atoms with Crippen LogP contribution in [0.2, 0.25) is 0 Å². The number of benzene rings is 1. The minimum Gasteiger partial charge on any atom is -0.481 e. The molecular formula is C22H26N2O. The number of fused-ring (bicyclic) bond motifs is 2. The van der Waals surface area contributed by atoms with E-state index in [1.54, 1.807) is 7.11 Å². The second kappa shape index (κ2) is 7.01. The van der Waals surface area contributed by atoms with Crippen LogP contribution in [0.4, 0.5) is 0 Å². The predicted molar refractivity (Wildman–Crippen MR) is 102 cm³/mol. The SMILES string of the molecule is COc1ncc(C2=CC3CCCC(C2)N3Cc2ccccc2)cc1C. The van der Waals surface area contributed by atoms with Crippen molar-refractivity contribution in [2.24, 2.45) is 0 Å². The minimum absolute atomic E-state index is 0.546. The van der Waals surface area contributed by atoms with Gasteiger partial charge in [-0.15, -0.1) is 0 Å². The van der Waals surface area contributed by atoms with E-state index in [1.807, 2.05) is 6.20 Å². The molecule has 2 aliphatic heterocycles. The molecule has 0 amide bonds. The Morgan fingerprint density at radius 1 is 1.20 bits per heavy atom. The summed E-state index contributed by atoms with van der Waals surface area (Å²) >= 11 is 0. The van der Waals surface area contributed by atoms with E-state index >= 15 is 0 Å². The first kappa shape index (κ1) is 16.3. The van der Waals surface area contributed by atoms with Crippen LogP contribution in [-0.4, -0.2) is 29.1 Å². The van der Waals surface area contributed by atoms with Crippen LogP contribution in [0.15, 0.2) is 48.7 Å². The van der Waals surface area contributed by atoms with Gasteiger partial charge in [0.25, 0.3) is 0 Å². The molecule has 1 aromatic carbocycles. The van der Waals surface area contributed by atoms with E-state index in [-0.39, 0.29) is 0 Å². The lowest BCUT2D eigenvalue weighted by Crippen LogP contribution is -2.47. The molecule has 0 radical (unpaired) electrons. The van der Waals surface area contributed by atoms with Crippen LogP contribution in [0.5, 0.6) is 5.88 Å². The first-order chi connectivity index (χ1) is 12.2. The average molecular weight is 334 g/mol. The number of piperidine rings is 1. The number of methoxy groups -OCH3 is 1. The first-order valence-electron chi connectivity index (χ1n) is 9.26. The smallest absolute Gasteiger partial charge is 0.215 e. The summed E-state index contributed by atoms with van der Waals surface area (Å²) in [6.07, 6.45) is 9.47. The molecule has 25 heavy (non-hydrogen) atoms. The van der Waals surface area contributed by atoms with E-state index in [4.69, 9.17) is 4.74 Å². The zero-order chi connectivity index (χ0) is 17.2. The van der Waals surface area contributed by atoms with E-state index in [9.17, 15) is 0 Å². The number of hydrogen-bond donors (Lipinski definition) is 0. The summed E-state index contributed by atoms with van der Waals surface area (Å²) in [5.74, 6) is 0.728. The van der Waals surface area contributed by atoms with Gasteiger partial charge >= 0.3 is 0 Å². The Morgan fingerprint density at radius 3 is 2.76 bits per heavy atom. The molecule has 3 heterocycles. The number of rotatable bonds is 4. The van der Waals surface area contributed by atoms with Gasteiger partial charge in [0.1, 0.15) is 0 Å². The third-order valence-corrected chi connectivity index (χ3v) is 5.58. The molecule has 0 saturated carbocycles. The molecule has 3 nitrogen and oxygen atoms in total. The fourth-order valence-corrected chi connectivity index (χ4v) is 4.32. The maximum absolute atomic E-state index is 5.31. The fourth-order valence-electron chi connectivity index (χ4n) is 4.32. The summed E-state index contributed by atoms with van der Waals surface area (Å²) in [5.41, 5.74) is 5.24. The summed E-state index contributed by atoms with van der Waals surface area (Å²) in [7, 11) is 1.68. The Labute approximate surface area is 150 Å². The van der Waals surface area contributed by atoms with E-state index in [0.717, 1.165) is 24.4 Å². The van der Waals surface area contributed by atoms with Crippen molar-refractivity contribution >= 4 is 5.57 Å². The molecular weight excluding hydrogens is 308 g/mol. The molecule has 2 unspecified atom stereocenters. The van der Waals surface area contributed by atoms with Crippen LogP contribution in [0, 0.1) is 6.92 Å². The average Bonchev–Trinajstić information content (AvgIpc) is 2.62. The van der Waals surface area contributed by atoms with Crippen LogP contribution >= 0.6 is 0 Å². The van der Waals surface area contributed by atoms with Gasteiger partial charge in [0.2, 0.25) is 5.88 Å². The Morgan fingerprint density at radius 2 is 2.04 bits per heavy atom. The van der Waals surface area contributed by atoms with Gasteiger partial charge in [-0.05, 0) is 49.0 Å². The first-order valence-corrected chi connectivity index (χ1v) is 9.26. The third kappa shape index (κ3) is 3.34. The summed E-state index contributed by atoms with van der Waals surface area (Å²) in [5, 5.41) is 0. The van der Waals surface area contributed by atoms with Crippen molar-refractivity contribution in [2.45, 2.75) is 51.2 Å². The number of nitrogens with zero attached hydrogens (tertiary/aromatic N) is 2. The van der Waals surface area contributed by atoms with E-state index in [0.29, 0.717) is 12.1 Å². The summed E-state index contributed by atoms with van der Waals surface area (Å²) in [4.78, 5) is 7.18. The highest BCUT2D eigenvalue weighted by atomic mass is 16.5. The number of ether oxygens (including phenoxy) is 1. The molecule has 130 valence electrons. The molecule has 0 aliphatic carbocycles. The van der Waals surface area contributed by atoms with Crippen molar-refractivity contribution in [3.8, 4) is 5.88 Å². The Balaban J connectivity index is 1.59. The van der Waals surface area contributed by atoms with Gasteiger partial charge in [0.05, 0.1) is 7.11 Å². The zero-order valence-electron chi connectivity index (χ0n) is 15.1. The van der Waals surface area contributed by atoms with Crippen LogP contribution in [0.1, 0.15) is 42.4 Å². The largest absolute Gasteiger partial charge is 0.481 e. The molecule has 1 aromatic heterocycles. The number of aromatic nitrogens is 1. The van der Waals surface area contributed by atoms with Crippen molar-refractivity contribution in [1.29, 1.82) is 0 Å². The van der Waals surface area contributed by atoms with Crippen LogP contribution in [0.3, 0.4) is 0 Å². The van der Waals surface area contributed by atoms with Crippen molar-refractivity contribution in [3.63, 3.8) is 0 Å². The van der Waals surface area contributed by atoms with E-state index in [1.165, 1.54) is 36.0 Å². The van der Waals surface area contributed by atoms with Gasteiger partial charge in [0, 0.05) is 30.4 Å². The zero-order valence-corrected chi connectivity index (χ0v) is 15.1. The second-order valence-corrected chi connectivity index (χ2v) is 7.26. The normalized spacial score (nSPS) is 23.2.